The first-order chi connectivity index (χ1) is 17.1. The molecule has 1 N–H and O–H groups in total. The maximum absolute atomic E-state index is 12.5. The summed E-state index contributed by atoms with van der Waals surface area (Å²) in [6.07, 6.45) is 3.60. The minimum absolute atomic E-state index is 0.0511. The number of furan rings is 1. The smallest absolute Gasteiger partial charge is 0.307 e. The lowest BCUT2D eigenvalue weighted by molar-refractivity contribution is -0.384. The van der Waals surface area contributed by atoms with Gasteiger partial charge >= 0.3 is 5.91 Å². The molecule has 0 saturated carbocycles. The normalized spacial score (nSPS) is 11.2. The predicted molar refractivity (Wildman–Crippen MR) is 133 cm³/mol. The molecule has 2 aromatic heterocycles. The lowest BCUT2D eigenvalue weighted by atomic mass is 10.1. The monoisotopic (exact) mass is 464 g/mol. The van der Waals surface area contributed by atoms with E-state index >= 15 is 0 Å². The standard InChI is InChI=1S/C27H20N4O4/c32-27(26-14-13-25(35-26)20-9-6-10-22(15-20)31(33)34)29-28-16-21-18-30(17-19-7-2-1-3-8-19)24-12-5-4-11-23(21)24/h1-16,18H,17H2,(H,29,32). The SMILES string of the molecule is O=C(NN=Cc1cn(Cc2ccccc2)c2ccccc12)c1ccc(-c2cccc([N+](=O)[O-])c2)o1. The highest BCUT2D eigenvalue weighted by Crippen LogP contribution is 2.26. The molecule has 2 heterocycles. The van der Waals surface area contributed by atoms with Gasteiger partial charge in [-0.1, -0.05) is 60.7 Å². The second-order valence-corrected chi connectivity index (χ2v) is 7.89. The Kier molecular flexibility index (Phi) is 5.92. The van der Waals surface area contributed by atoms with Gasteiger partial charge in [0.25, 0.3) is 5.69 Å². The molecule has 0 unspecified atom stereocenters. The Labute approximate surface area is 200 Å². The number of nitrogens with one attached hydrogen (secondary N) is 1. The van der Waals surface area contributed by atoms with Crippen LogP contribution in [0.5, 0.6) is 0 Å². The molecule has 35 heavy (non-hydrogen) atoms. The summed E-state index contributed by atoms with van der Waals surface area (Å²) >= 11 is 0. The first-order valence-corrected chi connectivity index (χ1v) is 10.9. The molecule has 0 aliphatic rings. The number of aromatic nitrogens is 1. The second kappa shape index (κ2) is 9.48. The summed E-state index contributed by atoms with van der Waals surface area (Å²) in [5, 5.41) is 16.1. The van der Waals surface area contributed by atoms with Crippen molar-refractivity contribution < 1.29 is 14.1 Å². The third-order valence-corrected chi connectivity index (χ3v) is 5.56. The number of amides is 1. The van der Waals surface area contributed by atoms with E-state index in [-0.39, 0.29) is 11.4 Å². The Morgan fingerprint density at radius 1 is 1.00 bits per heavy atom. The third-order valence-electron chi connectivity index (χ3n) is 5.56. The number of para-hydroxylation sites is 1. The molecule has 5 rings (SSSR count). The summed E-state index contributed by atoms with van der Waals surface area (Å²) in [7, 11) is 0. The van der Waals surface area contributed by atoms with Crippen LogP contribution in [0.4, 0.5) is 5.69 Å². The zero-order valence-electron chi connectivity index (χ0n) is 18.5. The number of rotatable bonds is 7. The van der Waals surface area contributed by atoms with Crippen LogP contribution in [0.2, 0.25) is 0 Å². The number of nitro groups is 1. The number of benzene rings is 3. The van der Waals surface area contributed by atoms with Crippen molar-refractivity contribution in [2.75, 3.05) is 0 Å². The minimum atomic E-state index is -0.522. The van der Waals surface area contributed by atoms with Crippen LogP contribution in [-0.4, -0.2) is 21.6 Å². The van der Waals surface area contributed by atoms with Gasteiger partial charge in [-0.05, 0) is 23.8 Å². The Hall–Kier alpha value is -4.98. The highest BCUT2D eigenvalue weighted by atomic mass is 16.6. The van der Waals surface area contributed by atoms with Crippen molar-refractivity contribution >= 4 is 28.7 Å². The van der Waals surface area contributed by atoms with E-state index in [0.29, 0.717) is 17.9 Å². The highest BCUT2D eigenvalue weighted by Gasteiger charge is 2.14. The van der Waals surface area contributed by atoms with Crippen LogP contribution in [-0.2, 0) is 6.54 Å². The lowest BCUT2D eigenvalue weighted by Crippen LogP contribution is -2.16. The molecule has 0 fully saturated rings. The van der Waals surface area contributed by atoms with Gasteiger partial charge in [0, 0.05) is 46.9 Å². The Morgan fingerprint density at radius 3 is 2.63 bits per heavy atom. The summed E-state index contributed by atoms with van der Waals surface area (Å²) in [6.45, 7) is 0.717. The minimum Gasteiger partial charge on any atom is -0.451 e. The summed E-state index contributed by atoms with van der Waals surface area (Å²) in [4.78, 5) is 23.1. The summed E-state index contributed by atoms with van der Waals surface area (Å²) in [5.74, 6) is -0.118. The van der Waals surface area contributed by atoms with Crippen molar-refractivity contribution in [2.24, 2.45) is 5.10 Å². The maximum atomic E-state index is 12.5. The van der Waals surface area contributed by atoms with Crippen LogP contribution >= 0.6 is 0 Å². The molecule has 8 nitrogen and oxygen atoms in total. The average molecular weight is 464 g/mol. The third kappa shape index (κ3) is 4.72. The fourth-order valence-electron chi connectivity index (χ4n) is 3.89. The molecule has 0 aliphatic carbocycles. The second-order valence-electron chi connectivity index (χ2n) is 7.89. The molecule has 0 atom stereocenters. The molecule has 0 radical (unpaired) electrons. The summed E-state index contributed by atoms with van der Waals surface area (Å²) in [5.41, 5.74) is 6.06. The average Bonchev–Trinajstić information content (AvgIpc) is 3.51. The zero-order valence-corrected chi connectivity index (χ0v) is 18.5. The van der Waals surface area contributed by atoms with Gasteiger partial charge in [0.15, 0.2) is 5.76 Å². The van der Waals surface area contributed by atoms with E-state index in [4.69, 9.17) is 4.42 Å². The first kappa shape index (κ1) is 21.8. The van der Waals surface area contributed by atoms with Crippen molar-refractivity contribution in [1.29, 1.82) is 0 Å². The summed E-state index contributed by atoms with van der Waals surface area (Å²) < 4.78 is 7.74. The summed E-state index contributed by atoms with van der Waals surface area (Å²) in [6, 6.07) is 27.3. The molecule has 0 spiro atoms. The maximum Gasteiger partial charge on any atom is 0.307 e. The van der Waals surface area contributed by atoms with E-state index in [1.165, 1.54) is 23.8 Å². The van der Waals surface area contributed by atoms with Gasteiger partial charge in [-0.3, -0.25) is 14.9 Å². The van der Waals surface area contributed by atoms with Crippen LogP contribution in [0, 0.1) is 10.1 Å². The van der Waals surface area contributed by atoms with Crippen LogP contribution < -0.4 is 5.43 Å². The van der Waals surface area contributed by atoms with Gasteiger partial charge in [-0.15, -0.1) is 0 Å². The van der Waals surface area contributed by atoms with E-state index in [2.05, 4.69) is 27.2 Å². The van der Waals surface area contributed by atoms with Crippen molar-refractivity contribution in [1.82, 2.24) is 9.99 Å². The number of fused-ring (bicyclic) bond motifs is 1. The molecule has 5 aromatic rings. The van der Waals surface area contributed by atoms with Gasteiger partial charge in [0.1, 0.15) is 5.76 Å². The van der Waals surface area contributed by atoms with Crippen molar-refractivity contribution in [3.8, 4) is 11.3 Å². The van der Waals surface area contributed by atoms with E-state index in [1.54, 1.807) is 24.4 Å². The largest absolute Gasteiger partial charge is 0.451 e. The first-order valence-electron chi connectivity index (χ1n) is 10.9. The number of carbonyl (C=O) groups excluding carboxylic acids is 1. The number of non-ortho nitro benzene ring substituents is 1. The number of nitrogens with zero attached hydrogens (tertiary/aromatic N) is 3. The van der Waals surface area contributed by atoms with E-state index in [1.807, 2.05) is 48.7 Å². The van der Waals surface area contributed by atoms with Crippen molar-refractivity contribution in [3.63, 3.8) is 0 Å². The van der Waals surface area contributed by atoms with Gasteiger partial charge in [0.2, 0.25) is 0 Å². The number of carbonyl (C=O) groups is 1. The van der Waals surface area contributed by atoms with Crippen LogP contribution in [0.25, 0.3) is 22.2 Å². The van der Waals surface area contributed by atoms with Crippen LogP contribution in [0.15, 0.2) is 107 Å². The van der Waals surface area contributed by atoms with Gasteiger partial charge < -0.3 is 8.98 Å². The van der Waals surface area contributed by atoms with Gasteiger partial charge in [-0.25, -0.2) is 5.43 Å². The Balaban J connectivity index is 1.32. The van der Waals surface area contributed by atoms with Crippen LogP contribution in [0.1, 0.15) is 21.7 Å². The van der Waals surface area contributed by atoms with Crippen LogP contribution in [0.3, 0.4) is 0 Å². The van der Waals surface area contributed by atoms with Crippen molar-refractivity contribution in [2.45, 2.75) is 6.54 Å². The zero-order chi connectivity index (χ0) is 24.2. The highest BCUT2D eigenvalue weighted by molar-refractivity contribution is 6.00. The number of hydrogen-bond donors (Lipinski definition) is 1. The molecular weight excluding hydrogens is 444 g/mol. The topological polar surface area (TPSA) is 103 Å². The van der Waals surface area contributed by atoms with Crippen molar-refractivity contribution in [3.05, 3.63) is 124 Å². The lowest BCUT2D eigenvalue weighted by Gasteiger charge is -2.05. The van der Waals surface area contributed by atoms with Gasteiger partial charge in [-0.2, -0.15) is 5.10 Å². The fourth-order valence-corrected chi connectivity index (χ4v) is 3.89. The van der Waals surface area contributed by atoms with Gasteiger partial charge in [0.05, 0.1) is 11.1 Å². The predicted octanol–water partition coefficient (Wildman–Crippen LogP) is 5.62. The number of hydrazone groups is 1. The molecule has 0 aliphatic heterocycles. The van der Waals surface area contributed by atoms with E-state index in [0.717, 1.165) is 16.5 Å². The fraction of sp³-hybridized carbons (Fsp3) is 0.0370. The molecule has 3 aromatic carbocycles. The van der Waals surface area contributed by atoms with E-state index in [9.17, 15) is 14.9 Å². The Morgan fingerprint density at radius 2 is 1.80 bits per heavy atom. The van der Waals surface area contributed by atoms with E-state index < -0.39 is 10.8 Å². The Bertz CT molecular complexity index is 1550. The quantitative estimate of drug-likeness (QED) is 0.192. The molecular formula is C27H20N4O4. The molecule has 0 bridgehead atoms. The molecule has 1 amide bonds. The number of nitro benzene ring substituents is 1. The molecule has 8 heteroatoms. The molecule has 0 saturated heterocycles. The molecule has 172 valence electrons. The number of hydrogen-bond acceptors (Lipinski definition) is 5.